The summed E-state index contributed by atoms with van der Waals surface area (Å²) < 4.78 is 0. The van der Waals surface area contributed by atoms with E-state index in [9.17, 15) is 39.0 Å². The molecule has 30 heavy (non-hydrogen) atoms. The number of hydrogen-bond donors (Lipinski definition) is 9. The van der Waals surface area contributed by atoms with Crippen LogP contribution in [0.3, 0.4) is 0 Å². The predicted molar refractivity (Wildman–Crippen MR) is 96.2 cm³/mol. The summed E-state index contributed by atoms with van der Waals surface area (Å²) >= 11 is 0. The van der Waals surface area contributed by atoms with Gasteiger partial charge in [0.05, 0.1) is 31.6 Å². The van der Waals surface area contributed by atoms with Crippen molar-refractivity contribution in [2.75, 3.05) is 6.61 Å². The van der Waals surface area contributed by atoms with Crippen LogP contribution >= 0.6 is 0 Å². The molecule has 0 radical (unpaired) electrons. The molecule has 15 nitrogen and oxygen atoms in total. The first kappa shape index (κ1) is 26.7. The first-order chi connectivity index (χ1) is 13.8. The Morgan fingerprint density at radius 2 is 1.37 bits per heavy atom. The maximum Gasteiger partial charge on any atom is 0.328 e. The van der Waals surface area contributed by atoms with Gasteiger partial charge in [-0.3, -0.25) is 24.0 Å². The number of carbonyl (C=O) groups excluding carboxylic acids is 4. The van der Waals surface area contributed by atoms with Crippen LogP contribution in [-0.4, -0.2) is 92.9 Å². The summed E-state index contributed by atoms with van der Waals surface area (Å²) in [6, 6.07) is -6.69. The summed E-state index contributed by atoms with van der Waals surface area (Å²) in [5.41, 5.74) is 10.3. The van der Waals surface area contributed by atoms with Crippen molar-refractivity contribution in [1.82, 2.24) is 16.0 Å². The first-order valence-electron chi connectivity index (χ1n) is 8.48. The Hall–Kier alpha value is -3.30. The van der Waals surface area contributed by atoms with Gasteiger partial charge in [-0.2, -0.15) is 0 Å². The van der Waals surface area contributed by atoms with E-state index in [0.717, 1.165) is 6.92 Å². The summed E-state index contributed by atoms with van der Waals surface area (Å²) in [4.78, 5) is 69.1. The van der Waals surface area contributed by atoms with Gasteiger partial charge in [-0.1, -0.05) is 0 Å². The Labute approximate surface area is 169 Å². The van der Waals surface area contributed by atoms with Crippen molar-refractivity contribution < 1.29 is 49.2 Å². The number of carboxylic acid groups (broad SMARTS) is 2. The Morgan fingerprint density at radius 3 is 1.77 bits per heavy atom. The van der Waals surface area contributed by atoms with Crippen molar-refractivity contribution in [2.45, 2.75) is 50.0 Å². The van der Waals surface area contributed by atoms with Crippen LogP contribution in [0.2, 0.25) is 0 Å². The van der Waals surface area contributed by atoms with Crippen LogP contribution in [0.4, 0.5) is 0 Å². The Morgan fingerprint density at radius 1 is 0.867 bits per heavy atom. The number of aliphatic hydroxyl groups is 2. The second-order valence-corrected chi connectivity index (χ2v) is 6.24. The van der Waals surface area contributed by atoms with E-state index < -0.39 is 85.3 Å². The maximum atomic E-state index is 12.2. The summed E-state index contributed by atoms with van der Waals surface area (Å²) in [6.45, 7) is 0.0875. The molecule has 0 fully saturated rings. The Bertz CT molecular complexity index is 683. The van der Waals surface area contributed by atoms with Gasteiger partial charge in [0.2, 0.25) is 23.6 Å². The van der Waals surface area contributed by atoms with Gasteiger partial charge in [0, 0.05) is 0 Å². The van der Waals surface area contributed by atoms with E-state index in [-0.39, 0.29) is 0 Å². The molecule has 11 N–H and O–H groups in total. The quantitative estimate of drug-likeness (QED) is 0.132. The molecule has 5 atom stereocenters. The SMILES string of the molecule is CC(O)C(NC(=O)C(CC(=O)O)NC(=O)C(CO)NC(=O)C(N)CC(N)=O)C(=O)O. The number of carboxylic acids is 2. The van der Waals surface area contributed by atoms with Crippen molar-refractivity contribution >= 4 is 35.6 Å². The first-order valence-corrected chi connectivity index (χ1v) is 8.48. The Balaban J connectivity index is 5.28. The zero-order valence-corrected chi connectivity index (χ0v) is 15.9. The normalized spacial score (nSPS) is 15.6. The third-order valence-corrected chi connectivity index (χ3v) is 3.63. The van der Waals surface area contributed by atoms with Crippen LogP contribution in [0.1, 0.15) is 19.8 Å². The molecule has 0 bridgehead atoms. The second kappa shape index (κ2) is 12.3. The molecule has 0 aliphatic heterocycles. The van der Waals surface area contributed by atoms with Gasteiger partial charge in [-0.05, 0) is 6.92 Å². The third-order valence-electron chi connectivity index (χ3n) is 3.63. The largest absolute Gasteiger partial charge is 0.481 e. The molecule has 0 aromatic heterocycles. The van der Waals surface area contributed by atoms with Gasteiger partial charge in [-0.25, -0.2) is 4.79 Å². The molecule has 15 heteroatoms. The van der Waals surface area contributed by atoms with E-state index in [4.69, 9.17) is 21.7 Å². The number of amides is 4. The number of aliphatic hydroxyl groups excluding tert-OH is 2. The molecule has 0 aliphatic rings. The smallest absolute Gasteiger partial charge is 0.328 e. The topological polar surface area (TPSA) is 271 Å². The molecule has 4 amide bonds. The second-order valence-electron chi connectivity index (χ2n) is 6.24. The maximum absolute atomic E-state index is 12.2. The van der Waals surface area contributed by atoms with Crippen LogP contribution in [0.15, 0.2) is 0 Å². The molecule has 0 aliphatic carbocycles. The van der Waals surface area contributed by atoms with Crippen molar-refractivity contribution in [3.8, 4) is 0 Å². The molecule has 5 unspecified atom stereocenters. The van der Waals surface area contributed by atoms with Crippen LogP contribution in [-0.2, 0) is 28.8 Å². The number of aliphatic carboxylic acids is 2. The van der Waals surface area contributed by atoms with Crippen molar-refractivity contribution in [3.05, 3.63) is 0 Å². The Kier molecular flexibility index (Phi) is 10.9. The molecule has 0 saturated carbocycles. The lowest BCUT2D eigenvalue weighted by atomic mass is 10.1. The number of primary amides is 1. The van der Waals surface area contributed by atoms with Crippen LogP contribution in [0.25, 0.3) is 0 Å². The van der Waals surface area contributed by atoms with Gasteiger partial charge >= 0.3 is 11.9 Å². The van der Waals surface area contributed by atoms with Gasteiger partial charge in [0.15, 0.2) is 6.04 Å². The van der Waals surface area contributed by atoms with Gasteiger partial charge in [-0.15, -0.1) is 0 Å². The number of nitrogens with one attached hydrogen (secondary N) is 3. The zero-order chi connectivity index (χ0) is 23.6. The summed E-state index contributed by atoms with van der Waals surface area (Å²) in [5, 5.41) is 42.4. The molecule has 0 spiro atoms. The molecule has 0 rings (SSSR count). The highest BCUT2D eigenvalue weighted by molar-refractivity contribution is 5.96. The van der Waals surface area contributed by atoms with E-state index in [1.54, 1.807) is 0 Å². The zero-order valence-electron chi connectivity index (χ0n) is 15.9. The predicted octanol–water partition coefficient (Wildman–Crippen LogP) is -5.42. The lowest BCUT2D eigenvalue weighted by molar-refractivity contribution is -0.146. The van der Waals surface area contributed by atoms with Crippen LogP contribution < -0.4 is 27.4 Å². The fourth-order valence-corrected chi connectivity index (χ4v) is 2.08. The summed E-state index contributed by atoms with van der Waals surface area (Å²) in [6.07, 6.45) is -3.06. The third kappa shape index (κ3) is 9.26. The highest BCUT2D eigenvalue weighted by Gasteiger charge is 2.32. The molecule has 170 valence electrons. The molecule has 0 aromatic carbocycles. The number of carbonyl (C=O) groups is 6. The average molecular weight is 435 g/mol. The molecular weight excluding hydrogens is 410 g/mol. The monoisotopic (exact) mass is 435 g/mol. The number of nitrogens with two attached hydrogens (primary N) is 2. The van der Waals surface area contributed by atoms with Crippen molar-refractivity contribution in [2.24, 2.45) is 11.5 Å². The van der Waals surface area contributed by atoms with E-state index in [2.05, 4.69) is 0 Å². The van der Waals surface area contributed by atoms with Gasteiger partial charge in [0.25, 0.3) is 0 Å². The number of hydrogen-bond acceptors (Lipinski definition) is 9. The fourth-order valence-electron chi connectivity index (χ4n) is 2.08. The van der Waals surface area contributed by atoms with Gasteiger partial charge in [0.1, 0.15) is 12.1 Å². The average Bonchev–Trinajstić information content (AvgIpc) is 2.61. The van der Waals surface area contributed by atoms with Gasteiger partial charge < -0.3 is 47.8 Å². The summed E-state index contributed by atoms with van der Waals surface area (Å²) in [7, 11) is 0. The summed E-state index contributed by atoms with van der Waals surface area (Å²) in [5.74, 6) is -7.50. The molecular formula is C15H25N5O10. The lowest BCUT2D eigenvalue weighted by Crippen LogP contribution is -2.59. The van der Waals surface area contributed by atoms with Crippen LogP contribution in [0, 0.1) is 0 Å². The highest BCUT2D eigenvalue weighted by Crippen LogP contribution is 2.00. The lowest BCUT2D eigenvalue weighted by Gasteiger charge is -2.24. The van der Waals surface area contributed by atoms with E-state index in [1.165, 1.54) is 0 Å². The standard InChI is InChI=1S/C15H25N5O10/c1-5(22)11(15(29)30)20-13(27)7(3-10(24)25)18-14(28)8(4-21)19-12(26)6(16)2-9(17)23/h5-8,11,21-22H,2-4,16H2,1H3,(H2,17,23)(H,18,28)(H,19,26)(H,20,27)(H,24,25)(H,29,30). The highest BCUT2D eigenvalue weighted by atomic mass is 16.4. The minimum Gasteiger partial charge on any atom is -0.481 e. The fraction of sp³-hybridized carbons (Fsp3) is 0.600. The molecule has 0 saturated heterocycles. The number of rotatable bonds is 13. The van der Waals surface area contributed by atoms with Crippen molar-refractivity contribution in [1.29, 1.82) is 0 Å². The minimum atomic E-state index is -1.80. The van der Waals surface area contributed by atoms with Crippen LogP contribution in [0.5, 0.6) is 0 Å². The molecule has 0 heterocycles. The van der Waals surface area contributed by atoms with E-state index in [0.29, 0.717) is 0 Å². The molecule has 0 aromatic rings. The van der Waals surface area contributed by atoms with E-state index in [1.807, 2.05) is 16.0 Å². The minimum absolute atomic E-state index is 0.550. The van der Waals surface area contributed by atoms with Crippen molar-refractivity contribution in [3.63, 3.8) is 0 Å². The van der Waals surface area contributed by atoms with E-state index >= 15 is 0 Å².